The first-order valence-corrected chi connectivity index (χ1v) is 5.40. The smallest absolute Gasteiger partial charge is 0.137 e. The summed E-state index contributed by atoms with van der Waals surface area (Å²) in [5.74, 6) is 1.10. The molecule has 0 aliphatic carbocycles. The summed E-state index contributed by atoms with van der Waals surface area (Å²) in [5.41, 5.74) is 3.61. The van der Waals surface area contributed by atoms with Gasteiger partial charge in [-0.05, 0) is 25.0 Å². The molecule has 0 N–H and O–H groups in total. The van der Waals surface area contributed by atoms with E-state index in [1.54, 1.807) is 0 Å². The van der Waals surface area contributed by atoms with Gasteiger partial charge < -0.3 is 4.42 Å². The third kappa shape index (κ3) is 1.56. The van der Waals surface area contributed by atoms with Crippen LogP contribution in [0.3, 0.4) is 0 Å². The van der Waals surface area contributed by atoms with Crippen LogP contribution in [0.15, 0.2) is 22.6 Å². The second-order valence-electron chi connectivity index (χ2n) is 5.26. The summed E-state index contributed by atoms with van der Waals surface area (Å²) in [6.45, 7) is 10.8. The summed E-state index contributed by atoms with van der Waals surface area (Å²) in [7, 11) is 0. The molecule has 0 radical (unpaired) electrons. The summed E-state index contributed by atoms with van der Waals surface area (Å²) in [5, 5.41) is 1.25. The van der Waals surface area contributed by atoms with E-state index in [4.69, 9.17) is 4.42 Å². The van der Waals surface area contributed by atoms with E-state index in [2.05, 4.69) is 52.8 Å². The molecule has 0 unspecified atom stereocenters. The van der Waals surface area contributed by atoms with E-state index in [1.165, 1.54) is 16.5 Å². The van der Waals surface area contributed by atoms with Gasteiger partial charge in [-0.3, -0.25) is 0 Å². The fourth-order valence-electron chi connectivity index (χ4n) is 2.10. The third-order valence-corrected chi connectivity index (χ3v) is 2.84. The first-order chi connectivity index (χ1) is 6.91. The van der Waals surface area contributed by atoms with E-state index in [9.17, 15) is 0 Å². The minimum absolute atomic E-state index is 0.0789. The van der Waals surface area contributed by atoms with E-state index in [0.717, 1.165) is 11.3 Å². The lowest BCUT2D eigenvalue weighted by Gasteiger charge is -2.15. The van der Waals surface area contributed by atoms with Crippen molar-refractivity contribution in [3.05, 3.63) is 35.1 Å². The second-order valence-corrected chi connectivity index (χ2v) is 5.26. The van der Waals surface area contributed by atoms with Crippen molar-refractivity contribution in [1.82, 2.24) is 0 Å². The van der Waals surface area contributed by atoms with Crippen molar-refractivity contribution in [2.75, 3.05) is 0 Å². The Bertz CT molecular complexity index is 498. The zero-order valence-corrected chi connectivity index (χ0v) is 10.1. The number of para-hydroxylation sites is 1. The van der Waals surface area contributed by atoms with Crippen LogP contribution >= 0.6 is 0 Å². The molecule has 0 saturated carbocycles. The van der Waals surface area contributed by atoms with Crippen molar-refractivity contribution in [1.29, 1.82) is 0 Å². The van der Waals surface area contributed by atoms with Crippen molar-refractivity contribution < 1.29 is 4.42 Å². The molecule has 1 aromatic carbocycles. The molecule has 2 rings (SSSR count). The molecule has 1 aromatic heterocycles. The molecule has 1 heteroatoms. The van der Waals surface area contributed by atoms with Crippen LogP contribution in [0.4, 0.5) is 0 Å². The van der Waals surface area contributed by atoms with Gasteiger partial charge in [-0.15, -0.1) is 0 Å². The Labute approximate surface area is 91.1 Å². The quantitative estimate of drug-likeness (QED) is 0.619. The van der Waals surface area contributed by atoms with Crippen molar-refractivity contribution in [2.24, 2.45) is 0 Å². The van der Waals surface area contributed by atoms with Crippen molar-refractivity contribution >= 4 is 11.0 Å². The predicted octanol–water partition coefficient (Wildman–Crippen LogP) is 4.35. The van der Waals surface area contributed by atoms with Gasteiger partial charge in [0.05, 0.1) is 0 Å². The standard InChI is InChI=1S/C14H18O/c1-9-7-6-8-11-10(2)13(14(3,4)5)15-12(9)11/h6-8H,1-5H3. The number of hydrogen-bond acceptors (Lipinski definition) is 1. The molecule has 80 valence electrons. The molecule has 0 aliphatic rings. The molecule has 0 saturated heterocycles. The van der Waals surface area contributed by atoms with Gasteiger partial charge in [-0.25, -0.2) is 0 Å². The maximum atomic E-state index is 5.99. The summed E-state index contributed by atoms with van der Waals surface area (Å²) in [4.78, 5) is 0. The maximum absolute atomic E-state index is 5.99. The Morgan fingerprint density at radius 1 is 1.07 bits per heavy atom. The van der Waals surface area contributed by atoms with E-state index in [-0.39, 0.29) is 5.41 Å². The minimum Gasteiger partial charge on any atom is -0.460 e. The highest BCUT2D eigenvalue weighted by Crippen LogP contribution is 2.34. The lowest BCUT2D eigenvalue weighted by molar-refractivity contribution is 0.426. The highest BCUT2D eigenvalue weighted by molar-refractivity contribution is 5.84. The van der Waals surface area contributed by atoms with Crippen molar-refractivity contribution in [3.8, 4) is 0 Å². The predicted molar refractivity (Wildman–Crippen MR) is 64.4 cm³/mol. The Morgan fingerprint density at radius 3 is 2.27 bits per heavy atom. The second kappa shape index (κ2) is 3.13. The Balaban J connectivity index is 2.81. The lowest BCUT2D eigenvalue weighted by Crippen LogP contribution is -2.10. The molecule has 0 bridgehead atoms. The summed E-state index contributed by atoms with van der Waals surface area (Å²) in [6, 6.07) is 6.32. The topological polar surface area (TPSA) is 13.1 Å². The largest absolute Gasteiger partial charge is 0.460 e. The highest BCUT2D eigenvalue weighted by Gasteiger charge is 2.23. The third-order valence-electron chi connectivity index (χ3n) is 2.84. The van der Waals surface area contributed by atoms with Crippen LogP contribution in [0.1, 0.15) is 37.7 Å². The van der Waals surface area contributed by atoms with Crippen LogP contribution < -0.4 is 0 Å². The van der Waals surface area contributed by atoms with E-state index in [1.807, 2.05) is 0 Å². The fourth-order valence-corrected chi connectivity index (χ4v) is 2.10. The van der Waals surface area contributed by atoms with Crippen LogP contribution in [0, 0.1) is 13.8 Å². The molecule has 1 heterocycles. The molecule has 0 fully saturated rings. The normalized spacial score (nSPS) is 12.3. The van der Waals surface area contributed by atoms with Crippen LogP contribution in [-0.2, 0) is 5.41 Å². The van der Waals surface area contributed by atoms with Crippen molar-refractivity contribution in [3.63, 3.8) is 0 Å². The first kappa shape index (κ1) is 10.3. The zero-order chi connectivity index (χ0) is 11.2. The lowest BCUT2D eigenvalue weighted by atomic mass is 9.90. The molecule has 1 nitrogen and oxygen atoms in total. The fraction of sp³-hybridized carbons (Fsp3) is 0.429. The van der Waals surface area contributed by atoms with E-state index < -0.39 is 0 Å². The zero-order valence-electron chi connectivity index (χ0n) is 10.1. The SMILES string of the molecule is Cc1c(C(C)(C)C)oc2c(C)cccc12. The summed E-state index contributed by atoms with van der Waals surface area (Å²) in [6.07, 6.45) is 0. The van der Waals surface area contributed by atoms with Gasteiger partial charge in [0, 0.05) is 10.8 Å². The molecular weight excluding hydrogens is 184 g/mol. The van der Waals surface area contributed by atoms with Gasteiger partial charge in [0.1, 0.15) is 11.3 Å². The molecule has 0 spiro atoms. The number of furan rings is 1. The van der Waals surface area contributed by atoms with Gasteiger partial charge in [-0.2, -0.15) is 0 Å². The number of aryl methyl sites for hydroxylation is 2. The number of hydrogen-bond donors (Lipinski definition) is 0. The van der Waals surface area contributed by atoms with E-state index in [0.29, 0.717) is 0 Å². The number of rotatable bonds is 0. The van der Waals surface area contributed by atoms with Gasteiger partial charge in [0.25, 0.3) is 0 Å². The average molecular weight is 202 g/mol. The minimum atomic E-state index is 0.0789. The van der Waals surface area contributed by atoms with Crippen LogP contribution in [-0.4, -0.2) is 0 Å². The number of benzene rings is 1. The Kier molecular flexibility index (Phi) is 2.14. The van der Waals surface area contributed by atoms with Crippen LogP contribution in [0.2, 0.25) is 0 Å². The Hall–Kier alpha value is -1.24. The van der Waals surface area contributed by atoms with Gasteiger partial charge in [0.2, 0.25) is 0 Å². The number of fused-ring (bicyclic) bond motifs is 1. The molecule has 2 aromatic rings. The molecule has 0 atom stereocenters. The monoisotopic (exact) mass is 202 g/mol. The van der Waals surface area contributed by atoms with Crippen LogP contribution in [0.25, 0.3) is 11.0 Å². The first-order valence-electron chi connectivity index (χ1n) is 5.40. The van der Waals surface area contributed by atoms with Gasteiger partial charge in [-0.1, -0.05) is 39.0 Å². The summed E-state index contributed by atoms with van der Waals surface area (Å²) < 4.78 is 5.99. The van der Waals surface area contributed by atoms with Crippen molar-refractivity contribution in [2.45, 2.75) is 40.0 Å². The molecule has 0 amide bonds. The average Bonchev–Trinajstić information content (AvgIpc) is 2.45. The highest BCUT2D eigenvalue weighted by atomic mass is 16.3. The van der Waals surface area contributed by atoms with Gasteiger partial charge >= 0.3 is 0 Å². The van der Waals surface area contributed by atoms with Gasteiger partial charge in [0.15, 0.2) is 0 Å². The molecule has 0 aliphatic heterocycles. The molecule has 15 heavy (non-hydrogen) atoms. The van der Waals surface area contributed by atoms with E-state index >= 15 is 0 Å². The Morgan fingerprint density at radius 2 is 1.73 bits per heavy atom. The maximum Gasteiger partial charge on any atom is 0.137 e. The van der Waals surface area contributed by atoms with Crippen LogP contribution in [0.5, 0.6) is 0 Å². The molecular formula is C14H18O. The summed E-state index contributed by atoms with van der Waals surface area (Å²) >= 11 is 0.